The van der Waals surface area contributed by atoms with Gasteiger partial charge in [-0.3, -0.25) is 24.7 Å². The van der Waals surface area contributed by atoms with Crippen LogP contribution >= 0.6 is 11.6 Å². The van der Waals surface area contributed by atoms with E-state index in [1.165, 1.54) is 30.5 Å². The summed E-state index contributed by atoms with van der Waals surface area (Å²) in [5.41, 5.74) is 2.80. The minimum Gasteiger partial charge on any atom is -0.455 e. The predicted octanol–water partition coefficient (Wildman–Crippen LogP) is 8.97. The highest BCUT2D eigenvalue weighted by Crippen LogP contribution is 2.46. The first kappa shape index (κ1) is 47.8. The smallest absolute Gasteiger partial charge is 0.416 e. The molecule has 3 aromatic carbocycles. The van der Waals surface area contributed by atoms with Gasteiger partial charge in [-0.25, -0.2) is 18.1 Å². The van der Waals surface area contributed by atoms with Gasteiger partial charge in [0.1, 0.15) is 22.8 Å². The predicted molar refractivity (Wildman–Crippen MR) is 250 cm³/mol. The van der Waals surface area contributed by atoms with Crippen LogP contribution in [-0.2, 0) is 20.9 Å². The van der Waals surface area contributed by atoms with Crippen molar-refractivity contribution in [3.63, 3.8) is 0 Å². The number of aromatic nitrogens is 2. The van der Waals surface area contributed by atoms with Crippen LogP contribution in [0.3, 0.4) is 0 Å². The summed E-state index contributed by atoms with van der Waals surface area (Å²) < 4.78 is 82.0. The van der Waals surface area contributed by atoms with Crippen LogP contribution in [-0.4, -0.2) is 111 Å². The Kier molecular flexibility index (Phi) is 13.9. The largest absolute Gasteiger partial charge is 0.455 e. The maximum atomic E-state index is 14.0. The number of sulfonamides is 1. The first-order valence-electron chi connectivity index (χ1n) is 22.1. The molecule has 1 aliphatic carbocycles. The van der Waals surface area contributed by atoms with Crippen molar-refractivity contribution < 1.29 is 40.8 Å². The lowest BCUT2D eigenvalue weighted by Crippen LogP contribution is -2.48. The fourth-order valence-corrected chi connectivity index (χ4v) is 10.3. The molecule has 1 atom stereocenters. The van der Waals surface area contributed by atoms with Crippen molar-refractivity contribution in [2.24, 2.45) is 5.41 Å². The van der Waals surface area contributed by atoms with Gasteiger partial charge in [-0.05, 0) is 90.9 Å². The lowest BCUT2D eigenvalue weighted by atomic mass is 9.72. The third kappa shape index (κ3) is 11.0. The number of amides is 1. The Morgan fingerprint density at radius 3 is 2.58 bits per heavy atom. The lowest BCUT2D eigenvalue weighted by molar-refractivity contribution is -0.384. The Hall–Kier alpha value is -5.73. The number of H-pyrrole nitrogens is 1. The number of anilines is 2. The molecule has 0 saturated carbocycles. The molecule has 67 heavy (non-hydrogen) atoms. The van der Waals surface area contributed by atoms with E-state index in [1.807, 2.05) is 6.92 Å². The molecule has 5 aromatic rings. The van der Waals surface area contributed by atoms with E-state index in [9.17, 15) is 36.5 Å². The highest BCUT2D eigenvalue weighted by atomic mass is 35.5. The summed E-state index contributed by atoms with van der Waals surface area (Å²) in [5.74, 6) is -0.674. The van der Waals surface area contributed by atoms with E-state index in [4.69, 9.17) is 21.1 Å². The number of ether oxygens (including phenoxy) is 2. The highest BCUT2D eigenvalue weighted by Gasteiger charge is 2.34. The number of benzene rings is 3. The van der Waals surface area contributed by atoms with Crippen LogP contribution < -0.4 is 19.7 Å². The number of carbonyl (C=O) groups excluding carboxylic acids is 1. The summed E-state index contributed by atoms with van der Waals surface area (Å²) in [5, 5.41) is 16.1. The second kappa shape index (κ2) is 19.5. The number of pyridine rings is 1. The molecule has 3 N–H and O–H groups in total. The molecule has 356 valence electrons. The number of piperazine rings is 1. The van der Waals surface area contributed by atoms with Crippen molar-refractivity contribution in [2.45, 2.75) is 57.1 Å². The van der Waals surface area contributed by atoms with Crippen LogP contribution in [0.5, 0.6) is 11.5 Å². The van der Waals surface area contributed by atoms with Gasteiger partial charge in [0.05, 0.1) is 46.4 Å². The van der Waals surface area contributed by atoms with Crippen LogP contribution in [0.2, 0.25) is 5.02 Å². The molecule has 0 bridgehead atoms. The summed E-state index contributed by atoms with van der Waals surface area (Å²) >= 11 is 6.54. The van der Waals surface area contributed by atoms with Crippen molar-refractivity contribution in [3.05, 3.63) is 117 Å². The molecule has 3 aliphatic rings. The van der Waals surface area contributed by atoms with Gasteiger partial charge >= 0.3 is 6.18 Å². The topological polar surface area (TPSA) is 175 Å². The monoisotopic (exact) mass is 964 g/mol. The van der Waals surface area contributed by atoms with Gasteiger partial charge in [0.25, 0.3) is 21.6 Å². The fourth-order valence-electron chi connectivity index (χ4n) is 8.98. The molecule has 2 aliphatic heterocycles. The van der Waals surface area contributed by atoms with E-state index >= 15 is 0 Å². The Morgan fingerprint density at radius 1 is 1.06 bits per heavy atom. The van der Waals surface area contributed by atoms with E-state index in [0.29, 0.717) is 81.6 Å². The zero-order valence-corrected chi connectivity index (χ0v) is 38.9. The zero-order chi connectivity index (χ0) is 47.7. The number of nitro groups is 1. The third-order valence-electron chi connectivity index (χ3n) is 12.8. The molecule has 1 amide bonds. The number of nitro benzene ring substituents is 1. The van der Waals surface area contributed by atoms with E-state index in [1.54, 1.807) is 30.5 Å². The number of alkyl halides is 3. The van der Waals surface area contributed by atoms with E-state index in [-0.39, 0.29) is 33.5 Å². The Bertz CT molecular complexity index is 2810. The number of aromatic amines is 1. The van der Waals surface area contributed by atoms with Crippen molar-refractivity contribution in [1.82, 2.24) is 24.5 Å². The van der Waals surface area contributed by atoms with Crippen molar-refractivity contribution >= 4 is 61.2 Å². The van der Waals surface area contributed by atoms with E-state index in [2.05, 4.69) is 48.6 Å². The van der Waals surface area contributed by atoms with Gasteiger partial charge in [-0.1, -0.05) is 44.0 Å². The van der Waals surface area contributed by atoms with Gasteiger partial charge in [0.15, 0.2) is 0 Å². The summed E-state index contributed by atoms with van der Waals surface area (Å²) in [4.78, 5) is 39.0. The summed E-state index contributed by atoms with van der Waals surface area (Å²) in [6.07, 6.45) is 1.10. The lowest BCUT2D eigenvalue weighted by Gasteiger charge is -2.39. The molecule has 8 rings (SSSR count). The Labute approximate surface area is 391 Å². The first-order chi connectivity index (χ1) is 31.9. The maximum Gasteiger partial charge on any atom is 0.416 e. The van der Waals surface area contributed by atoms with Crippen molar-refractivity contribution in [1.29, 1.82) is 0 Å². The van der Waals surface area contributed by atoms with Gasteiger partial charge in [0, 0.05) is 80.2 Å². The molecule has 0 radical (unpaired) electrons. The molecule has 15 nitrogen and oxygen atoms in total. The number of rotatable bonds is 14. The molecular weight excluding hydrogens is 913 g/mol. The number of carbonyl (C=O) groups is 1. The van der Waals surface area contributed by atoms with Gasteiger partial charge in [0.2, 0.25) is 0 Å². The number of nitrogens with zero attached hydrogens (tertiary/aromatic N) is 5. The number of fused-ring (bicyclic) bond motifs is 1. The number of likely N-dealkylation sites (N-methyl/N-ethyl adjacent to an activating group) is 1. The Morgan fingerprint density at radius 2 is 1.85 bits per heavy atom. The minimum atomic E-state index is -4.63. The number of hydrogen-bond acceptors (Lipinski definition) is 12. The van der Waals surface area contributed by atoms with Gasteiger partial charge in [-0.15, -0.1) is 0 Å². The summed E-state index contributed by atoms with van der Waals surface area (Å²) in [6.45, 7) is 12.3. The molecule has 1 unspecified atom stereocenters. The van der Waals surface area contributed by atoms with E-state index in [0.717, 1.165) is 60.7 Å². The summed E-state index contributed by atoms with van der Waals surface area (Å²) in [7, 11) is -4.63. The Balaban J connectivity index is 1.00. The molecular formula is C47H52ClF3N8O7S. The molecule has 20 heteroatoms. The van der Waals surface area contributed by atoms with Gasteiger partial charge < -0.3 is 24.7 Å². The van der Waals surface area contributed by atoms with Crippen molar-refractivity contribution in [3.8, 4) is 11.5 Å². The minimum absolute atomic E-state index is 0.0356. The SMILES string of the molecule is CCN1CCOCC1CNc1ccc(S(=O)(=O)NC(=O)c2ccc(N3CCN(CC4=C(c5ccc(C(F)(F)F)cc5Cl)CC(C)(C)CC4)CC3)cc2Oc2cnc3[nH]ccc3c2)cc1[N+](=O)[O-]. The third-order valence-corrected chi connectivity index (χ3v) is 14.4. The number of halogens is 4. The van der Waals surface area contributed by atoms with Crippen LogP contribution in [0.15, 0.2) is 89.6 Å². The van der Waals surface area contributed by atoms with E-state index < -0.39 is 43.2 Å². The zero-order valence-electron chi connectivity index (χ0n) is 37.3. The standard InChI is InChI=1S/C47H52ClF3N8O7S/c1-4-57-19-20-65-29-34(57)26-53-41-10-7-36(24-42(41)59(61)62)67(63,64)55-45(60)38-9-6-33(23-43(38)66-35-21-30-12-14-52-44(30)54-27-35)58-17-15-56(16-18-58)28-31-11-13-46(2,3)25-39(31)37-8-5-32(22-40(37)48)47(49,50)51/h5-10,12,14,21-24,27,34,53H,4,11,13,15-20,25-26,28-29H2,1-3H3,(H,52,54)(H,55,60). The molecule has 2 fully saturated rings. The average Bonchev–Trinajstić information content (AvgIpc) is 3.77. The van der Waals surface area contributed by atoms with Crippen LogP contribution in [0.4, 0.5) is 30.2 Å². The molecule has 2 saturated heterocycles. The normalized spacial score (nSPS) is 18.6. The second-order valence-corrected chi connectivity index (χ2v) is 19.9. The average molecular weight is 965 g/mol. The van der Waals surface area contributed by atoms with Crippen molar-refractivity contribution in [2.75, 3.05) is 75.8 Å². The van der Waals surface area contributed by atoms with Crippen LogP contribution in [0.25, 0.3) is 16.6 Å². The first-order valence-corrected chi connectivity index (χ1v) is 24.0. The van der Waals surface area contributed by atoms with Crippen LogP contribution in [0, 0.1) is 15.5 Å². The quantitative estimate of drug-likeness (QED) is 0.0713. The number of morpholine rings is 1. The molecule has 2 aromatic heterocycles. The number of hydrogen-bond donors (Lipinski definition) is 3. The van der Waals surface area contributed by atoms with Gasteiger partial charge in [-0.2, -0.15) is 13.2 Å². The number of allylic oxidation sites excluding steroid dienone is 1. The van der Waals surface area contributed by atoms with Crippen LogP contribution in [0.1, 0.15) is 61.5 Å². The molecule has 0 spiro atoms. The maximum absolute atomic E-state index is 14.0. The fraction of sp³-hybridized carbons (Fsp3) is 0.404. The second-order valence-electron chi connectivity index (χ2n) is 17.9. The number of nitrogens with one attached hydrogen (secondary N) is 3. The summed E-state index contributed by atoms with van der Waals surface area (Å²) in [6, 6.07) is 15.4. The highest BCUT2D eigenvalue weighted by molar-refractivity contribution is 7.90. The molecule has 4 heterocycles.